The molecule has 0 saturated carbocycles. The van der Waals surface area contributed by atoms with Crippen LogP contribution in [0.3, 0.4) is 0 Å². The molecule has 20 heavy (non-hydrogen) atoms. The predicted octanol–water partition coefficient (Wildman–Crippen LogP) is 4.28. The second-order valence-electron chi connectivity index (χ2n) is 5.88. The summed E-state index contributed by atoms with van der Waals surface area (Å²) in [7, 11) is 0. The van der Waals surface area contributed by atoms with Crippen LogP contribution in [0.15, 0.2) is 18.2 Å². The van der Waals surface area contributed by atoms with Crippen LogP contribution in [0.25, 0.3) is 0 Å². The standard InChI is InChI=1S/C17H28N2S/c1-6-14(7-2)19(11-12(3)4)15-8-9-16(17(18)20)13(5)10-15/h8-10,12,14H,6-7,11H2,1-5H3,(H2,18,20). The molecule has 0 aromatic heterocycles. The molecule has 112 valence electrons. The minimum Gasteiger partial charge on any atom is -0.389 e. The largest absolute Gasteiger partial charge is 0.389 e. The molecule has 0 fully saturated rings. The van der Waals surface area contributed by atoms with Crippen LogP contribution in [0.5, 0.6) is 0 Å². The van der Waals surface area contributed by atoms with E-state index in [1.165, 1.54) is 18.5 Å². The zero-order valence-corrected chi connectivity index (χ0v) is 14.3. The van der Waals surface area contributed by atoms with Gasteiger partial charge in [-0.05, 0) is 49.4 Å². The molecule has 0 atom stereocenters. The molecule has 0 heterocycles. The summed E-state index contributed by atoms with van der Waals surface area (Å²) in [6, 6.07) is 7.02. The summed E-state index contributed by atoms with van der Waals surface area (Å²) in [5.74, 6) is 0.645. The highest BCUT2D eigenvalue weighted by Gasteiger charge is 2.17. The van der Waals surface area contributed by atoms with Gasteiger partial charge in [0.2, 0.25) is 0 Å². The van der Waals surface area contributed by atoms with Crippen molar-refractivity contribution in [2.45, 2.75) is 53.5 Å². The molecule has 0 aliphatic rings. The van der Waals surface area contributed by atoms with Gasteiger partial charge in [-0.15, -0.1) is 0 Å². The molecule has 0 spiro atoms. The number of hydrogen-bond acceptors (Lipinski definition) is 2. The highest BCUT2D eigenvalue weighted by molar-refractivity contribution is 7.80. The smallest absolute Gasteiger partial charge is 0.104 e. The average molecular weight is 292 g/mol. The molecular formula is C17H28N2S. The number of benzene rings is 1. The Bertz CT molecular complexity index is 450. The topological polar surface area (TPSA) is 29.3 Å². The van der Waals surface area contributed by atoms with E-state index < -0.39 is 0 Å². The van der Waals surface area contributed by atoms with Gasteiger partial charge in [-0.1, -0.05) is 39.9 Å². The van der Waals surface area contributed by atoms with Gasteiger partial charge < -0.3 is 10.6 Å². The number of hydrogen-bond donors (Lipinski definition) is 1. The van der Waals surface area contributed by atoms with Gasteiger partial charge in [0.15, 0.2) is 0 Å². The molecule has 3 heteroatoms. The van der Waals surface area contributed by atoms with Gasteiger partial charge in [0.1, 0.15) is 4.99 Å². The molecule has 1 aromatic carbocycles. The molecule has 0 radical (unpaired) electrons. The molecule has 0 bridgehead atoms. The first-order chi connectivity index (χ1) is 9.40. The van der Waals surface area contributed by atoms with Gasteiger partial charge in [-0.25, -0.2) is 0 Å². The fourth-order valence-corrected chi connectivity index (χ4v) is 2.92. The summed E-state index contributed by atoms with van der Waals surface area (Å²) in [4.78, 5) is 3.01. The molecule has 0 aliphatic carbocycles. The van der Waals surface area contributed by atoms with Crippen LogP contribution >= 0.6 is 12.2 Å². The van der Waals surface area contributed by atoms with Crippen LogP contribution in [-0.4, -0.2) is 17.6 Å². The van der Waals surface area contributed by atoms with Gasteiger partial charge in [0.25, 0.3) is 0 Å². The lowest BCUT2D eigenvalue weighted by Gasteiger charge is -2.34. The summed E-state index contributed by atoms with van der Waals surface area (Å²) >= 11 is 5.09. The summed E-state index contributed by atoms with van der Waals surface area (Å²) < 4.78 is 0. The second kappa shape index (κ2) is 7.63. The summed E-state index contributed by atoms with van der Waals surface area (Å²) in [6.07, 6.45) is 2.33. The van der Waals surface area contributed by atoms with E-state index in [0.717, 1.165) is 17.7 Å². The van der Waals surface area contributed by atoms with Crippen molar-refractivity contribution >= 4 is 22.9 Å². The third kappa shape index (κ3) is 4.20. The maximum atomic E-state index is 5.75. The Balaban J connectivity index is 3.13. The van der Waals surface area contributed by atoms with Crippen molar-refractivity contribution in [2.24, 2.45) is 11.7 Å². The minimum atomic E-state index is 0.479. The Labute approximate surface area is 129 Å². The van der Waals surface area contributed by atoms with Crippen LogP contribution in [-0.2, 0) is 0 Å². The normalized spacial score (nSPS) is 11.2. The number of rotatable bonds is 7. The highest BCUT2D eigenvalue weighted by atomic mass is 32.1. The van der Waals surface area contributed by atoms with E-state index in [4.69, 9.17) is 18.0 Å². The van der Waals surface area contributed by atoms with Crippen LogP contribution in [0, 0.1) is 12.8 Å². The SMILES string of the molecule is CCC(CC)N(CC(C)C)c1ccc(C(N)=S)c(C)c1. The number of nitrogens with two attached hydrogens (primary N) is 1. The van der Waals surface area contributed by atoms with E-state index in [1.54, 1.807) is 0 Å². The maximum absolute atomic E-state index is 5.75. The molecule has 0 amide bonds. The van der Waals surface area contributed by atoms with Gasteiger partial charge in [0, 0.05) is 23.8 Å². The van der Waals surface area contributed by atoms with E-state index in [2.05, 4.69) is 57.7 Å². The second-order valence-corrected chi connectivity index (χ2v) is 6.32. The number of aryl methyl sites for hydroxylation is 1. The zero-order chi connectivity index (χ0) is 15.3. The third-order valence-corrected chi connectivity index (χ3v) is 3.97. The molecule has 0 aliphatic heterocycles. The fourth-order valence-electron chi connectivity index (χ4n) is 2.69. The van der Waals surface area contributed by atoms with Crippen LogP contribution in [0.1, 0.15) is 51.7 Å². The van der Waals surface area contributed by atoms with Gasteiger partial charge in [0.05, 0.1) is 0 Å². The van der Waals surface area contributed by atoms with Crippen molar-refractivity contribution < 1.29 is 0 Å². The number of anilines is 1. The quantitative estimate of drug-likeness (QED) is 0.761. The van der Waals surface area contributed by atoms with Crippen molar-refractivity contribution in [3.63, 3.8) is 0 Å². The first-order valence-corrected chi connectivity index (χ1v) is 7.98. The molecule has 1 aromatic rings. The lowest BCUT2D eigenvalue weighted by molar-refractivity contribution is 0.507. The molecule has 0 saturated heterocycles. The Morgan fingerprint density at radius 2 is 1.85 bits per heavy atom. The molecule has 1 rings (SSSR count). The van der Waals surface area contributed by atoms with Crippen molar-refractivity contribution in [3.05, 3.63) is 29.3 Å². The first-order valence-electron chi connectivity index (χ1n) is 7.57. The molecular weight excluding hydrogens is 264 g/mol. The predicted molar refractivity (Wildman–Crippen MR) is 93.6 cm³/mol. The summed E-state index contributed by atoms with van der Waals surface area (Å²) in [5.41, 5.74) is 9.18. The van der Waals surface area contributed by atoms with E-state index >= 15 is 0 Å². The maximum Gasteiger partial charge on any atom is 0.104 e. The minimum absolute atomic E-state index is 0.479. The van der Waals surface area contributed by atoms with Crippen molar-refractivity contribution in [2.75, 3.05) is 11.4 Å². The Morgan fingerprint density at radius 1 is 1.25 bits per heavy atom. The Hall–Kier alpha value is -1.09. The summed E-state index contributed by atoms with van der Waals surface area (Å²) in [5, 5.41) is 0. The van der Waals surface area contributed by atoms with Crippen molar-refractivity contribution in [3.8, 4) is 0 Å². The van der Waals surface area contributed by atoms with Gasteiger partial charge >= 0.3 is 0 Å². The van der Waals surface area contributed by atoms with Crippen molar-refractivity contribution in [1.82, 2.24) is 0 Å². The summed E-state index contributed by atoms with van der Waals surface area (Å²) in [6.45, 7) is 12.2. The first kappa shape index (κ1) is 17.0. The Morgan fingerprint density at radius 3 is 2.25 bits per heavy atom. The molecule has 0 unspecified atom stereocenters. The van der Waals surface area contributed by atoms with Gasteiger partial charge in [-0.3, -0.25) is 0 Å². The molecule has 2 N–H and O–H groups in total. The van der Waals surface area contributed by atoms with Crippen LogP contribution in [0.4, 0.5) is 5.69 Å². The van der Waals surface area contributed by atoms with Crippen LogP contribution in [0.2, 0.25) is 0 Å². The van der Waals surface area contributed by atoms with Gasteiger partial charge in [-0.2, -0.15) is 0 Å². The van der Waals surface area contributed by atoms with Crippen LogP contribution < -0.4 is 10.6 Å². The Kier molecular flexibility index (Phi) is 6.47. The fraction of sp³-hybridized carbons (Fsp3) is 0.588. The van der Waals surface area contributed by atoms with E-state index in [9.17, 15) is 0 Å². The average Bonchev–Trinajstić information content (AvgIpc) is 2.37. The third-order valence-electron chi connectivity index (χ3n) is 3.75. The van der Waals surface area contributed by atoms with Crippen molar-refractivity contribution in [1.29, 1.82) is 0 Å². The zero-order valence-electron chi connectivity index (χ0n) is 13.4. The molecule has 2 nitrogen and oxygen atoms in total. The highest BCUT2D eigenvalue weighted by Crippen LogP contribution is 2.24. The monoisotopic (exact) mass is 292 g/mol. The lowest BCUT2D eigenvalue weighted by Crippen LogP contribution is -2.37. The number of thiocarbonyl (C=S) groups is 1. The number of nitrogens with zero attached hydrogens (tertiary/aromatic N) is 1. The lowest BCUT2D eigenvalue weighted by atomic mass is 10.0. The van der Waals surface area contributed by atoms with E-state index in [-0.39, 0.29) is 0 Å². The van der Waals surface area contributed by atoms with E-state index in [0.29, 0.717) is 16.9 Å². The van der Waals surface area contributed by atoms with E-state index in [1.807, 2.05) is 0 Å².